The van der Waals surface area contributed by atoms with Crippen molar-refractivity contribution >= 4 is 17.6 Å². The topological polar surface area (TPSA) is 102 Å². The fourth-order valence-electron chi connectivity index (χ4n) is 1.50. The number of anilines is 1. The van der Waals surface area contributed by atoms with Gasteiger partial charge in [0.05, 0.1) is 19.1 Å². The molecule has 1 atom stereocenters. The number of hydrogen-bond acceptors (Lipinski definition) is 5. The van der Waals surface area contributed by atoms with Crippen molar-refractivity contribution < 1.29 is 19.4 Å². The standard InChI is InChI=1S/C13H18N2O4/c1-2-19-12(17)7-11(16)8-15-10-5-3-4-9(6-10)13(14)18/h3-6,11,15-16H,2,7-8H2,1H3,(H2,14,18). The number of hydrogen-bond donors (Lipinski definition) is 3. The van der Waals surface area contributed by atoms with Crippen molar-refractivity contribution in [3.63, 3.8) is 0 Å². The number of esters is 1. The molecule has 1 rings (SSSR count). The zero-order valence-corrected chi connectivity index (χ0v) is 10.8. The first kappa shape index (κ1) is 15.0. The van der Waals surface area contributed by atoms with E-state index in [1.807, 2.05) is 0 Å². The number of nitrogens with one attached hydrogen (secondary N) is 1. The number of benzene rings is 1. The lowest BCUT2D eigenvalue weighted by molar-refractivity contribution is -0.145. The van der Waals surface area contributed by atoms with Gasteiger partial charge in [0, 0.05) is 17.8 Å². The number of amides is 1. The van der Waals surface area contributed by atoms with E-state index >= 15 is 0 Å². The summed E-state index contributed by atoms with van der Waals surface area (Å²) in [5.74, 6) is -0.960. The number of ether oxygens (including phenoxy) is 1. The number of primary amides is 1. The van der Waals surface area contributed by atoms with Crippen LogP contribution in [0.5, 0.6) is 0 Å². The lowest BCUT2D eigenvalue weighted by atomic mass is 10.2. The maximum absolute atomic E-state index is 11.1. The van der Waals surface area contributed by atoms with Crippen molar-refractivity contribution in [1.29, 1.82) is 0 Å². The summed E-state index contributed by atoms with van der Waals surface area (Å²) in [6.07, 6.45) is -0.924. The third kappa shape index (κ3) is 5.39. The van der Waals surface area contributed by atoms with Crippen LogP contribution >= 0.6 is 0 Å². The molecule has 0 aromatic heterocycles. The maximum Gasteiger partial charge on any atom is 0.308 e. The zero-order chi connectivity index (χ0) is 14.3. The highest BCUT2D eigenvalue weighted by atomic mass is 16.5. The second-order valence-corrected chi connectivity index (χ2v) is 3.99. The molecule has 1 aromatic carbocycles. The van der Waals surface area contributed by atoms with Crippen LogP contribution < -0.4 is 11.1 Å². The van der Waals surface area contributed by atoms with E-state index in [-0.39, 0.29) is 13.0 Å². The Bertz CT molecular complexity index is 448. The van der Waals surface area contributed by atoms with Gasteiger partial charge in [-0.05, 0) is 25.1 Å². The molecule has 0 bridgehead atoms. The summed E-state index contributed by atoms with van der Waals surface area (Å²) in [6, 6.07) is 6.60. The second-order valence-electron chi connectivity index (χ2n) is 3.99. The van der Waals surface area contributed by atoms with Gasteiger partial charge in [-0.2, -0.15) is 0 Å². The number of carbonyl (C=O) groups is 2. The van der Waals surface area contributed by atoms with Crippen LogP contribution in [0.2, 0.25) is 0 Å². The van der Waals surface area contributed by atoms with Gasteiger partial charge in [-0.25, -0.2) is 0 Å². The average Bonchev–Trinajstić information content (AvgIpc) is 2.37. The van der Waals surface area contributed by atoms with Crippen LogP contribution in [0, 0.1) is 0 Å². The first-order chi connectivity index (χ1) is 9.02. The van der Waals surface area contributed by atoms with Crippen LogP contribution in [0.4, 0.5) is 5.69 Å². The molecule has 0 aliphatic heterocycles. The predicted molar refractivity (Wildman–Crippen MR) is 70.7 cm³/mol. The van der Waals surface area contributed by atoms with Crippen LogP contribution in [0.25, 0.3) is 0 Å². The van der Waals surface area contributed by atoms with Crippen molar-refractivity contribution in [3.05, 3.63) is 29.8 Å². The third-order valence-corrected chi connectivity index (χ3v) is 2.40. The van der Waals surface area contributed by atoms with E-state index in [1.165, 1.54) is 0 Å². The first-order valence-corrected chi connectivity index (χ1v) is 6.00. The van der Waals surface area contributed by atoms with Crippen LogP contribution in [-0.2, 0) is 9.53 Å². The van der Waals surface area contributed by atoms with Gasteiger partial charge in [-0.15, -0.1) is 0 Å². The van der Waals surface area contributed by atoms with Crippen molar-refractivity contribution in [2.24, 2.45) is 5.73 Å². The van der Waals surface area contributed by atoms with E-state index in [4.69, 9.17) is 10.5 Å². The highest BCUT2D eigenvalue weighted by molar-refractivity contribution is 5.93. The second kappa shape index (κ2) is 7.38. The number of aliphatic hydroxyl groups is 1. The summed E-state index contributed by atoms with van der Waals surface area (Å²) in [5, 5.41) is 12.6. The summed E-state index contributed by atoms with van der Waals surface area (Å²) in [5.41, 5.74) is 6.19. The number of nitrogens with two attached hydrogens (primary N) is 1. The van der Waals surface area contributed by atoms with E-state index in [0.717, 1.165) is 0 Å². The van der Waals surface area contributed by atoms with Crippen molar-refractivity contribution in [2.75, 3.05) is 18.5 Å². The summed E-state index contributed by atoms with van der Waals surface area (Å²) in [4.78, 5) is 22.1. The predicted octanol–water partition coefficient (Wildman–Crippen LogP) is 0.512. The molecule has 19 heavy (non-hydrogen) atoms. The molecule has 104 valence electrons. The highest BCUT2D eigenvalue weighted by Gasteiger charge is 2.11. The Labute approximate surface area is 111 Å². The van der Waals surface area contributed by atoms with Crippen molar-refractivity contribution in [2.45, 2.75) is 19.4 Å². The summed E-state index contributed by atoms with van der Waals surface area (Å²) >= 11 is 0. The van der Waals surface area contributed by atoms with E-state index in [2.05, 4.69) is 5.32 Å². The lowest BCUT2D eigenvalue weighted by Crippen LogP contribution is -2.24. The fraction of sp³-hybridized carbons (Fsp3) is 0.385. The Morgan fingerprint density at radius 3 is 2.84 bits per heavy atom. The molecule has 6 nitrogen and oxygen atoms in total. The smallest absolute Gasteiger partial charge is 0.308 e. The molecule has 6 heteroatoms. The molecule has 0 aliphatic rings. The minimum atomic E-state index is -0.851. The molecule has 0 saturated heterocycles. The van der Waals surface area contributed by atoms with Crippen molar-refractivity contribution in [1.82, 2.24) is 0 Å². The Kier molecular flexibility index (Phi) is 5.81. The van der Waals surface area contributed by atoms with E-state index < -0.39 is 18.0 Å². The number of aliphatic hydroxyl groups excluding tert-OH is 1. The van der Waals surface area contributed by atoms with Gasteiger partial charge in [-0.3, -0.25) is 9.59 Å². The van der Waals surface area contributed by atoms with Gasteiger partial charge in [0.15, 0.2) is 0 Å². The fourth-order valence-corrected chi connectivity index (χ4v) is 1.50. The van der Waals surface area contributed by atoms with Gasteiger partial charge < -0.3 is 20.9 Å². The van der Waals surface area contributed by atoms with Gasteiger partial charge in [0.25, 0.3) is 0 Å². The van der Waals surface area contributed by atoms with E-state index in [1.54, 1.807) is 31.2 Å². The van der Waals surface area contributed by atoms with Gasteiger partial charge in [0.1, 0.15) is 0 Å². The van der Waals surface area contributed by atoms with Crippen LogP contribution in [0.15, 0.2) is 24.3 Å². The number of rotatable bonds is 7. The molecule has 0 spiro atoms. The van der Waals surface area contributed by atoms with E-state index in [9.17, 15) is 14.7 Å². The first-order valence-electron chi connectivity index (χ1n) is 6.00. The minimum Gasteiger partial charge on any atom is -0.466 e. The van der Waals surface area contributed by atoms with Gasteiger partial charge >= 0.3 is 5.97 Å². The summed E-state index contributed by atoms with van der Waals surface area (Å²) in [6.45, 7) is 2.18. The molecule has 0 saturated carbocycles. The van der Waals surface area contributed by atoms with Crippen molar-refractivity contribution in [3.8, 4) is 0 Å². The zero-order valence-electron chi connectivity index (χ0n) is 10.8. The molecule has 4 N–H and O–H groups in total. The van der Waals surface area contributed by atoms with E-state index in [0.29, 0.717) is 17.9 Å². The van der Waals surface area contributed by atoms with Gasteiger partial charge in [-0.1, -0.05) is 6.07 Å². The van der Waals surface area contributed by atoms with Crippen LogP contribution in [0.1, 0.15) is 23.7 Å². The molecule has 1 amide bonds. The SMILES string of the molecule is CCOC(=O)CC(O)CNc1cccc(C(N)=O)c1. The lowest BCUT2D eigenvalue weighted by Gasteiger charge is -2.12. The Balaban J connectivity index is 2.45. The maximum atomic E-state index is 11.1. The molecule has 0 radical (unpaired) electrons. The molecule has 0 aliphatic carbocycles. The normalized spacial score (nSPS) is 11.7. The monoisotopic (exact) mass is 266 g/mol. The third-order valence-electron chi connectivity index (χ3n) is 2.40. The van der Waals surface area contributed by atoms with Crippen LogP contribution in [-0.4, -0.2) is 36.2 Å². The highest BCUT2D eigenvalue weighted by Crippen LogP contribution is 2.10. The average molecular weight is 266 g/mol. The minimum absolute atomic E-state index is 0.0731. The summed E-state index contributed by atoms with van der Waals surface area (Å²) < 4.78 is 4.73. The Morgan fingerprint density at radius 1 is 1.47 bits per heavy atom. The molecular weight excluding hydrogens is 248 g/mol. The number of carbonyl (C=O) groups excluding carboxylic acids is 2. The Morgan fingerprint density at radius 2 is 2.21 bits per heavy atom. The molecule has 0 fully saturated rings. The molecule has 1 aromatic rings. The molecular formula is C13H18N2O4. The van der Waals surface area contributed by atoms with Crippen LogP contribution in [0.3, 0.4) is 0 Å². The quantitative estimate of drug-likeness (QED) is 0.624. The summed E-state index contributed by atoms with van der Waals surface area (Å²) in [7, 11) is 0. The Hall–Kier alpha value is -2.08. The molecule has 0 heterocycles. The molecule has 1 unspecified atom stereocenters. The van der Waals surface area contributed by atoms with Gasteiger partial charge in [0.2, 0.25) is 5.91 Å². The largest absolute Gasteiger partial charge is 0.466 e.